The number of likely N-dealkylation sites (tertiary alicyclic amines) is 1. The molecule has 0 aromatic heterocycles. The topological polar surface area (TPSA) is 62.3 Å². The largest absolute Gasteiger partial charge is 0.496 e. The van der Waals surface area contributed by atoms with Crippen molar-refractivity contribution in [3.05, 3.63) is 29.3 Å². The van der Waals surface area contributed by atoms with Gasteiger partial charge in [0.1, 0.15) is 11.6 Å². The molecule has 0 bridgehead atoms. The van der Waals surface area contributed by atoms with E-state index in [0.717, 1.165) is 19.6 Å². The van der Waals surface area contributed by atoms with Crippen LogP contribution < -0.4 is 10.5 Å². The second-order valence-corrected chi connectivity index (χ2v) is 6.39. The molecular formula is C17H27N3O. The average Bonchev–Trinajstić information content (AvgIpc) is 2.49. The Balaban J connectivity index is 2.04. The molecule has 4 nitrogen and oxygen atoms in total. The summed E-state index contributed by atoms with van der Waals surface area (Å²) in [6.07, 6.45) is 3.79. The first kappa shape index (κ1) is 15.8. The van der Waals surface area contributed by atoms with Crippen molar-refractivity contribution in [2.75, 3.05) is 20.2 Å². The first-order valence-corrected chi connectivity index (χ1v) is 7.71. The summed E-state index contributed by atoms with van der Waals surface area (Å²) >= 11 is 0. The van der Waals surface area contributed by atoms with E-state index in [1.165, 1.54) is 24.8 Å². The molecule has 1 saturated heterocycles. The molecule has 0 aliphatic carbocycles. The van der Waals surface area contributed by atoms with E-state index in [2.05, 4.69) is 24.8 Å². The van der Waals surface area contributed by atoms with Crippen LogP contribution in [0.4, 0.5) is 0 Å². The Morgan fingerprint density at radius 1 is 1.38 bits per heavy atom. The summed E-state index contributed by atoms with van der Waals surface area (Å²) in [7, 11) is 1.61. The molecule has 0 amide bonds. The van der Waals surface area contributed by atoms with Crippen molar-refractivity contribution in [3.63, 3.8) is 0 Å². The van der Waals surface area contributed by atoms with E-state index in [-0.39, 0.29) is 5.84 Å². The summed E-state index contributed by atoms with van der Waals surface area (Å²) in [5.41, 5.74) is 8.03. The molecule has 0 spiro atoms. The lowest BCUT2D eigenvalue weighted by Crippen LogP contribution is -2.37. The Bertz CT molecular complexity index is 505. The minimum Gasteiger partial charge on any atom is -0.496 e. The molecule has 0 saturated carbocycles. The van der Waals surface area contributed by atoms with Crippen LogP contribution in [0.2, 0.25) is 0 Å². The van der Waals surface area contributed by atoms with Gasteiger partial charge in [0.15, 0.2) is 0 Å². The molecule has 1 aliphatic rings. The second kappa shape index (κ2) is 6.48. The molecule has 4 heteroatoms. The maximum atomic E-state index is 7.66. The van der Waals surface area contributed by atoms with Gasteiger partial charge in [0.25, 0.3) is 0 Å². The van der Waals surface area contributed by atoms with Crippen molar-refractivity contribution >= 4 is 5.84 Å². The number of methoxy groups -OCH3 is 1. The lowest BCUT2D eigenvalue weighted by molar-refractivity contribution is 0.109. The van der Waals surface area contributed by atoms with Gasteiger partial charge in [-0.25, -0.2) is 0 Å². The SMILES string of the molecule is CCC1(C)CCN(Cc2ccc(OC)c(C(=N)N)c2)CC1. The fraction of sp³-hybridized carbons (Fsp3) is 0.588. The van der Waals surface area contributed by atoms with Crippen LogP contribution in [0.15, 0.2) is 18.2 Å². The zero-order valence-corrected chi connectivity index (χ0v) is 13.4. The fourth-order valence-corrected chi connectivity index (χ4v) is 2.93. The number of nitrogens with one attached hydrogen (secondary N) is 1. The van der Waals surface area contributed by atoms with Crippen molar-refractivity contribution in [1.82, 2.24) is 4.90 Å². The van der Waals surface area contributed by atoms with E-state index < -0.39 is 0 Å². The third kappa shape index (κ3) is 3.76. The summed E-state index contributed by atoms with van der Waals surface area (Å²) in [5.74, 6) is 0.731. The molecule has 1 aromatic rings. The molecule has 1 heterocycles. The van der Waals surface area contributed by atoms with E-state index in [1.807, 2.05) is 12.1 Å². The number of hydrogen-bond donors (Lipinski definition) is 2. The number of rotatable bonds is 5. The van der Waals surface area contributed by atoms with E-state index in [1.54, 1.807) is 7.11 Å². The van der Waals surface area contributed by atoms with Crippen molar-refractivity contribution in [3.8, 4) is 5.75 Å². The van der Waals surface area contributed by atoms with Crippen LogP contribution >= 0.6 is 0 Å². The lowest BCUT2D eigenvalue weighted by atomic mass is 9.78. The van der Waals surface area contributed by atoms with Crippen LogP contribution in [0.5, 0.6) is 5.75 Å². The van der Waals surface area contributed by atoms with Crippen LogP contribution in [0, 0.1) is 10.8 Å². The standard InChI is InChI=1S/C17H27N3O/c1-4-17(2)7-9-20(10-8-17)12-13-5-6-15(21-3)14(11-13)16(18)19/h5-6,11H,4,7-10,12H2,1-3H3,(H3,18,19). The molecule has 0 radical (unpaired) electrons. The summed E-state index contributed by atoms with van der Waals surface area (Å²) < 4.78 is 5.26. The van der Waals surface area contributed by atoms with Crippen molar-refractivity contribution in [1.29, 1.82) is 5.41 Å². The smallest absolute Gasteiger partial charge is 0.129 e. The fourth-order valence-electron chi connectivity index (χ4n) is 2.93. The third-order valence-electron chi connectivity index (χ3n) is 4.88. The molecule has 21 heavy (non-hydrogen) atoms. The zero-order chi connectivity index (χ0) is 15.5. The summed E-state index contributed by atoms with van der Waals surface area (Å²) in [6.45, 7) is 7.89. The zero-order valence-electron chi connectivity index (χ0n) is 13.4. The predicted octanol–water partition coefficient (Wildman–Crippen LogP) is 2.99. The Morgan fingerprint density at radius 3 is 2.57 bits per heavy atom. The van der Waals surface area contributed by atoms with Gasteiger partial charge in [-0.05, 0) is 49.0 Å². The van der Waals surface area contributed by atoms with Crippen LogP contribution in [0.3, 0.4) is 0 Å². The highest BCUT2D eigenvalue weighted by Crippen LogP contribution is 2.34. The minimum atomic E-state index is 0.0610. The van der Waals surface area contributed by atoms with E-state index in [9.17, 15) is 0 Å². The molecule has 3 N–H and O–H groups in total. The number of nitrogens with zero attached hydrogens (tertiary/aromatic N) is 1. The monoisotopic (exact) mass is 289 g/mol. The lowest BCUT2D eigenvalue weighted by Gasteiger charge is -2.39. The number of benzene rings is 1. The van der Waals surface area contributed by atoms with E-state index >= 15 is 0 Å². The van der Waals surface area contributed by atoms with Gasteiger partial charge in [0.2, 0.25) is 0 Å². The molecular weight excluding hydrogens is 262 g/mol. The molecule has 1 aliphatic heterocycles. The highest BCUT2D eigenvalue weighted by atomic mass is 16.5. The quantitative estimate of drug-likeness (QED) is 0.647. The van der Waals surface area contributed by atoms with Gasteiger partial charge < -0.3 is 10.5 Å². The normalized spacial score (nSPS) is 18.4. The first-order chi connectivity index (χ1) is 9.97. The summed E-state index contributed by atoms with van der Waals surface area (Å²) in [6, 6.07) is 5.96. The van der Waals surface area contributed by atoms with Crippen molar-refractivity contribution in [2.45, 2.75) is 39.7 Å². The van der Waals surface area contributed by atoms with Crippen LogP contribution in [0.25, 0.3) is 0 Å². The van der Waals surface area contributed by atoms with Crippen LogP contribution in [-0.2, 0) is 6.54 Å². The molecule has 0 atom stereocenters. The Hall–Kier alpha value is -1.55. The Labute approximate surface area is 127 Å². The van der Waals surface area contributed by atoms with Gasteiger partial charge in [-0.1, -0.05) is 26.3 Å². The average molecular weight is 289 g/mol. The van der Waals surface area contributed by atoms with E-state index in [4.69, 9.17) is 15.9 Å². The molecule has 1 fully saturated rings. The molecule has 1 aromatic carbocycles. The van der Waals surface area contributed by atoms with Gasteiger partial charge in [-0.3, -0.25) is 10.3 Å². The predicted molar refractivity (Wildman–Crippen MR) is 86.9 cm³/mol. The van der Waals surface area contributed by atoms with Crippen LogP contribution in [0.1, 0.15) is 44.2 Å². The number of amidine groups is 1. The minimum absolute atomic E-state index is 0.0610. The second-order valence-electron chi connectivity index (χ2n) is 6.39. The number of nitrogen functional groups attached to an aromatic ring is 1. The van der Waals surface area contributed by atoms with Gasteiger partial charge >= 0.3 is 0 Å². The number of hydrogen-bond acceptors (Lipinski definition) is 3. The Morgan fingerprint density at radius 2 is 2.05 bits per heavy atom. The van der Waals surface area contributed by atoms with Gasteiger partial charge in [-0.15, -0.1) is 0 Å². The number of nitrogens with two attached hydrogens (primary N) is 1. The molecule has 116 valence electrons. The maximum Gasteiger partial charge on any atom is 0.129 e. The number of ether oxygens (including phenoxy) is 1. The highest BCUT2D eigenvalue weighted by molar-refractivity contribution is 5.97. The van der Waals surface area contributed by atoms with Crippen LogP contribution in [-0.4, -0.2) is 30.9 Å². The van der Waals surface area contributed by atoms with Crippen molar-refractivity contribution < 1.29 is 4.74 Å². The van der Waals surface area contributed by atoms with Gasteiger partial charge in [-0.2, -0.15) is 0 Å². The summed E-state index contributed by atoms with van der Waals surface area (Å²) in [5, 5.41) is 7.66. The van der Waals surface area contributed by atoms with Crippen molar-refractivity contribution in [2.24, 2.45) is 11.1 Å². The number of piperidine rings is 1. The maximum absolute atomic E-state index is 7.66. The summed E-state index contributed by atoms with van der Waals surface area (Å²) in [4.78, 5) is 2.49. The first-order valence-electron chi connectivity index (χ1n) is 7.71. The van der Waals surface area contributed by atoms with Gasteiger partial charge in [0.05, 0.1) is 12.7 Å². The Kier molecular flexibility index (Phi) is 4.88. The van der Waals surface area contributed by atoms with Gasteiger partial charge in [0, 0.05) is 6.54 Å². The third-order valence-corrected chi connectivity index (χ3v) is 4.88. The molecule has 2 rings (SSSR count). The van der Waals surface area contributed by atoms with E-state index in [0.29, 0.717) is 16.7 Å². The highest BCUT2D eigenvalue weighted by Gasteiger charge is 2.28. The molecule has 0 unspecified atom stereocenters.